The highest BCUT2D eigenvalue weighted by atomic mass is 32.2. The van der Waals surface area contributed by atoms with E-state index in [0.717, 1.165) is 23.5 Å². The van der Waals surface area contributed by atoms with Gasteiger partial charge in [0, 0.05) is 36.4 Å². The van der Waals surface area contributed by atoms with E-state index in [1.165, 1.54) is 36.4 Å². The lowest BCUT2D eigenvalue weighted by Gasteiger charge is -2.10. The van der Waals surface area contributed by atoms with Gasteiger partial charge in [0.1, 0.15) is 17.5 Å². The number of carbonyl (C=O) groups excluding carboxylic acids is 1. The third kappa shape index (κ3) is 5.24. The van der Waals surface area contributed by atoms with E-state index in [4.69, 9.17) is 0 Å². The minimum absolute atomic E-state index is 0.0617. The van der Waals surface area contributed by atoms with E-state index >= 15 is 0 Å². The van der Waals surface area contributed by atoms with Crippen molar-refractivity contribution >= 4 is 21.6 Å². The number of imidazole rings is 1. The van der Waals surface area contributed by atoms with Gasteiger partial charge >= 0.3 is 0 Å². The Hall–Kier alpha value is -4.05. The normalized spacial score (nSPS) is 11.2. The second-order valence-corrected chi connectivity index (χ2v) is 8.87. The molecule has 0 fully saturated rings. The molecule has 2 N–H and O–H groups in total. The molecule has 33 heavy (non-hydrogen) atoms. The number of nitrogens with one attached hydrogen (secondary N) is 2. The number of aryl methyl sites for hydroxylation is 1. The first kappa shape index (κ1) is 22.2. The van der Waals surface area contributed by atoms with Crippen molar-refractivity contribution in [2.75, 3.05) is 4.72 Å². The topological polar surface area (TPSA) is 106 Å². The quantitative estimate of drug-likeness (QED) is 0.435. The average Bonchev–Trinajstić information content (AvgIpc) is 3.24. The Kier molecular flexibility index (Phi) is 6.18. The number of sulfonamides is 1. The summed E-state index contributed by atoms with van der Waals surface area (Å²) in [6, 6.07) is 14.2. The molecule has 10 heteroatoms. The predicted molar refractivity (Wildman–Crippen MR) is 121 cm³/mol. The zero-order valence-electron chi connectivity index (χ0n) is 17.6. The highest BCUT2D eigenvalue weighted by Crippen LogP contribution is 2.17. The average molecular weight is 466 g/mol. The highest BCUT2D eigenvalue weighted by molar-refractivity contribution is 7.92. The summed E-state index contributed by atoms with van der Waals surface area (Å²) in [6.07, 6.45) is 5.17. The summed E-state index contributed by atoms with van der Waals surface area (Å²) in [5.74, 6) is 0.678. The fourth-order valence-electron chi connectivity index (χ4n) is 3.12. The monoisotopic (exact) mass is 465 g/mol. The maximum absolute atomic E-state index is 13.0. The lowest BCUT2D eigenvalue weighted by molar-refractivity contribution is 0.0951. The third-order valence-electron chi connectivity index (χ3n) is 4.86. The van der Waals surface area contributed by atoms with E-state index in [1.54, 1.807) is 12.4 Å². The fourth-order valence-corrected chi connectivity index (χ4v) is 4.18. The molecule has 1 amide bonds. The van der Waals surface area contributed by atoms with Gasteiger partial charge in [0.15, 0.2) is 0 Å². The van der Waals surface area contributed by atoms with Gasteiger partial charge in [-0.3, -0.25) is 14.1 Å². The molecule has 2 aromatic heterocycles. The molecule has 2 heterocycles. The number of halogens is 1. The Bertz CT molecular complexity index is 1380. The van der Waals surface area contributed by atoms with Crippen LogP contribution in [0.2, 0.25) is 0 Å². The number of benzene rings is 2. The number of pyridine rings is 1. The van der Waals surface area contributed by atoms with E-state index < -0.39 is 15.8 Å². The molecule has 0 saturated heterocycles. The van der Waals surface area contributed by atoms with Crippen LogP contribution in [0.1, 0.15) is 21.7 Å². The molecule has 0 aliphatic rings. The van der Waals surface area contributed by atoms with Crippen molar-refractivity contribution in [3.05, 3.63) is 102 Å². The first-order valence-corrected chi connectivity index (χ1v) is 11.4. The summed E-state index contributed by atoms with van der Waals surface area (Å²) in [6.45, 7) is 2.17. The van der Waals surface area contributed by atoms with Gasteiger partial charge in [-0.15, -0.1) is 0 Å². The van der Waals surface area contributed by atoms with Crippen LogP contribution < -0.4 is 10.0 Å². The molecule has 0 saturated carbocycles. The standard InChI is InChI=1S/C23H20FN5O3S/c1-16-25-12-13-29(16)22-14-17(10-11-26-22)15-27-23(30)18-2-6-20(7-3-18)28-33(31,32)21-8-4-19(24)5-9-21/h2-14,28H,15H2,1H3,(H,27,30). The van der Waals surface area contributed by atoms with Crippen LogP contribution in [0, 0.1) is 12.7 Å². The van der Waals surface area contributed by atoms with Gasteiger partial charge < -0.3 is 5.32 Å². The van der Waals surface area contributed by atoms with E-state index in [0.29, 0.717) is 17.9 Å². The largest absolute Gasteiger partial charge is 0.348 e. The molecular formula is C23H20FN5O3S. The van der Waals surface area contributed by atoms with Crippen LogP contribution in [0.25, 0.3) is 5.82 Å². The number of rotatable bonds is 7. The molecule has 0 aliphatic carbocycles. The smallest absolute Gasteiger partial charge is 0.261 e. The highest BCUT2D eigenvalue weighted by Gasteiger charge is 2.15. The summed E-state index contributed by atoms with van der Waals surface area (Å²) >= 11 is 0. The van der Waals surface area contributed by atoms with Crippen molar-refractivity contribution in [3.8, 4) is 5.82 Å². The van der Waals surface area contributed by atoms with E-state index in [9.17, 15) is 17.6 Å². The van der Waals surface area contributed by atoms with Crippen LogP contribution >= 0.6 is 0 Å². The van der Waals surface area contributed by atoms with Gasteiger partial charge in [-0.1, -0.05) is 0 Å². The zero-order chi connectivity index (χ0) is 23.4. The number of hydrogen-bond donors (Lipinski definition) is 2. The predicted octanol–water partition coefficient (Wildman–Crippen LogP) is 3.45. The van der Waals surface area contributed by atoms with Gasteiger partial charge in [0.25, 0.3) is 15.9 Å². The number of nitrogens with zero attached hydrogens (tertiary/aromatic N) is 3. The van der Waals surface area contributed by atoms with Crippen LogP contribution in [0.5, 0.6) is 0 Å². The van der Waals surface area contributed by atoms with Crippen LogP contribution in [0.4, 0.5) is 10.1 Å². The first-order valence-electron chi connectivity index (χ1n) is 9.94. The Balaban J connectivity index is 1.39. The molecule has 168 valence electrons. The fraction of sp³-hybridized carbons (Fsp3) is 0.0870. The van der Waals surface area contributed by atoms with Crippen LogP contribution in [-0.2, 0) is 16.6 Å². The number of anilines is 1. The summed E-state index contributed by atoms with van der Waals surface area (Å²) in [5, 5.41) is 2.84. The van der Waals surface area contributed by atoms with Gasteiger partial charge in [0.2, 0.25) is 0 Å². The SMILES string of the molecule is Cc1nccn1-c1cc(CNC(=O)c2ccc(NS(=O)(=O)c3ccc(F)cc3)cc2)ccn1. The molecule has 0 bridgehead atoms. The summed E-state index contributed by atoms with van der Waals surface area (Å²) in [7, 11) is -3.86. The van der Waals surface area contributed by atoms with Gasteiger partial charge in [-0.05, 0) is 73.2 Å². The lowest BCUT2D eigenvalue weighted by Crippen LogP contribution is -2.23. The minimum Gasteiger partial charge on any atom is -0.348 e. The molecule has 0 spiro atoms. The van der Waals surface area contributed by atoms with Gasteiger partial charge in [0.05, 0.1) is 4.90 Å². The van der Waals surface area contributed by atoms with Crippen molar-refractivity contribution in [1.29, 1.82) is 0 Å². The van der Waals surface area contributed by atoms with Gasteiger partial charge in [-0.25, -0.2) is 22.8 Å². The molecule has 8 nitrogen and oxygen atoms in total. The lowest BCUT2D eigenvalue weighted by atomic mass is 10.2. The number of aromatic nitrogens is 3. The van der Waals surface area contributed by atoms with Crippen molar-refractivity contribution in [2.45, 2.75) is 18.4 Å². The molecule has 4 rings (SSSR count). The van der Waals surface area contributed by atoms with Crippen molar-refractivity contribution in [2.24, 2.45) is 0 Å². The third-order valence-corrected chi connectivity index (χ3v) is 6.26. The van der Waals surface area contributed by atoms with Crippen molar-refractivity contribution < 1.29 is 17.6 Å². The Morgan fingerprint density at radius 3 is 2.39 bits per heavy atom. The van der Waals surface area contributed by atoms with Crippen LogP contribution in [-0.4, -0.2) is 28.9 Å². The number of amides is 1. The maximum atomic E-state index is 13.0. The molecule has 4 aromatic rings. The summed E-state index contributed by atoms with van der Waals surface area (Å²) < 4.78 is 42.1. The second-order valence-electron chi connectivity index (χ2n) is 7.19. The minimum atomic E-state index is -3.86. The first-order chi connectivity index (χ1) is 15.8. The Labute approximate surface area is 190 Å². The van der Waals surface area contributed by atoms with Gasteiger partial charge in [-0.2, -0.15) is 0 Å². The molecular weight excluding hydrogens is 445 g/mol. The van der Waals surface area contributed by atoms with Crippen LogP contribution in [0.15, 0.2) is 84.1 Å². The Morgan fingerprint density at radius 2 is 1.73 bits per heavy atom. The molecule has 0 aliphatic heterocycles. The Morgan fingerprint density at radius 1 is 1.00 bits per heavy atom. The van der Waals surface area contributed by atoms with E-state index in [-0.39, 0.29) is 16.5 Å². The van der Waals surface area contributed by atoms with Crippen molar-refractivity contribution in [3.63, 3.8) is 0 Å². The summed E-state index contributed by atoms with van der Waals surface area (Å²) in [5.41, 5.74) is 1.52. The maximum Gasteiger partial charge on any atom is 0.261 e. The molecule has 2 aromatic carbocycles. The van der Waals surface area contributed by atoms with Crippen molar-refractivity contribution in [1.82, 2.24) is 19.9 Å². The zero-order valence-corrected chi connectivity index (χ0v) is 18.4. The number of hydrogen-bond acceptors (Lipinski definition) is 5. The van der Waals surface area contributed by atoms with Crippen LogP contribution in [0.3, 0.4) is 0 Å². The second kappa shape index (κ2) is 9.21. The number of carbonyl (C=O) groups is 1. The molecule has 0 radical (unpaired) electrons. The van der Waals surface area contributed by atoms with E-state index in [1.807, 2.05) is 29.8 Å². The molecule has 0 unspecified atom stereocenters. The summed E-state index contributed by atoms with van der Waals surface area (Å²) in [4.78, 5) is 21.0. The van der Waals surface area contributed by atoms with E-state index in [2.05, 4.69) is 20.0 Å². The molecule has 0 atom stereocenters.